The summed E-state index contributed by atoms with van der Waals surface area (Å²) in [5, 5.41) is 0.526. The highest BCUT2D eigenvalue weighted by molar-refractivity contribution is 6.31. The van der Waals surface area contributed by atoms with Crippen LogP contribution in [0.25, 0.3) is 0 Å². The Bertz CT molecular complexity index is 376. The Morgan fingerprint density at radius 3 is 3.00 bits per heavy atom. The Morgan fingerprint density at radius 1 is 1.57 bits per heavy atom. The Labute approximate surface area is 88.1 Å². The Kier molecular flexibility index (Phi) is 2.50. The van der Waals surface area contributed by atoms with Crippen LogP contribution in [0, 0.1) is 12.7 Å². The van der Waals surface area contributed by atoms with Crippen molar-refractivity contribution < 1.29 is 4.39 Å². The van der Waals surface area contributed by atoms with Crippen LogP contribution in [0.3, 0.4) is 0 Å². The highest BCUT2D eigenvalue weighted by Crippen LogP contribution is 2.36. The lowest BCUT2D eigenvalue weighted by molar-refractivity contribution is 0.550. The molecule has 14 heavy (non-hydrogen) atoms. The van der Waals surface area contributed by atoms with Crippen LogP contribution in [0.5, 0.6) is 0 Å². The van der Waals surface area contributed by atoms with Crippen molar-refractivity contribution >= 4 is 11.6 Å². The molecule has 1 nitrogen and oxygen atoms in total. The van der Waals surface area contributed by atoms with E-state index in [2.05, 4.69) is 0 Å². The summed E-state index contributed by atoms with van der Waals surface area (Å²) in [6.45, 7) is 1.77. The van der Waals surface area contributed by atoms with Gasteiger partial charge >= 0.3 is 0 Å². The first kappa shape index (κ1) is 9.94. The molecule has 76 valence electrons. The fourth-order valence-corrected chi connectivity index (χ4v) is 2.48. The minimum absolute atomic E-state index is 0.0491. The van der Waals surface area contributed by atoms with Crippen molar-refractivity contribution in [2.24, 2.45) is 5.73 Å². The van der Waals surface area contributed by atoms with Gasteiger partial charge in [-0.15, -0.1) is 0 Å². The van der Waals surface area contributed by atoms with E-state index in [1.165, 1.54) is 6.07 Å². The van der Waals surface area contributed by atoms with Crippen LogP contribution < -0.4 is 5.73 Å². The normalized spacial score (nSPS) is 20.7. The minimum atomic E-state index is -0.244. The highest BCUT2D eigenvalue weighted by atomic mass is 35.5. The predicted molar refractivity (Wildman–Crippen MR) is 56.0 cm³/mol. The first-order valence-electron chi connectivity index (χ1n) is 4.84. The van der Waals surface area contributed by atoms with Crippen LogP contribution in [-0.4, -0.2) is 0 Å². The fraction of sp³-hybridized carbons (Fsp3) is 0.455. The summed E-state index contributed by atoms with van der Waals surface area (Å²) >= 11 is 5.99. The van der Waals surface area contributed by atoms with Crippen molar-refractivity contribution in [2.75, 3.05) is 0 Å². The SMILES string of the molecule is Cc1c(F)cc(Cl)c2c1[C@@H](N)CCC2. The second kappa shape index (κ2) is 3.52. The molecular weight excluding hydrogens is 201 g/mol. The standard InChI is InChI=1S/C11H13ClFN/c1-6-9(13)5-8(12)7-3-2-4-10(14)11(6)7/h5,10H,2-4,14H2,1H3/t10-/m0/s1. The third-order valence-corrected chi connectivity index (χ3v) is 3.28. The quantitative estimate of drug-likeness (QED) is 0.704. The van der Waals surface area contributed by atoms with Crippen molar-refractivity contribution in [1.82, 2.24) is 0 Å². The van der Waals surface area contributed by atoms with E-state index in [1.54, 1.807) is 6.92 Å². The summed E-state index contributed by atoms with van der Waals surface area (Å²) in [6.07, 6.45) is 2.88. The molecule has 0 saturated heterocycles. The van der Waals surface area contributed by atoms with Gasteiger partial charge in [-0.1, -0.05) is 11.6 Å². The molecule has 1 aromatic rings. The average Bonchev–Trinajstić information content (AvgIpc) is 2.14. The predicted octanol–water partition coefficient (Wildman–Crippen LogP) is 3.12. The molecule has 0 heterocycles. The lowest BCUT2D eigenvalue weighted by atomic mass is 9.85. The van der Waals surface area contributed by atoms with Crippen LogP contribution in [0.15, 0.2) is 6.07 Å². The van der Waals surface area contributed by atoms with Gasteiger partial charge in [0, 0.05) is 11.1 Å². The largest absolute Gasteiger partial charge is 0.324 e. The van der Waals surface area contributed by atoms with Gasteiger partial charge in [0.15, 0.2) is 0 Å². The third kappa shape index (κ3) is 1.43. The molecule has 0 aromatic heterocycles. The topological polar surface area (TPSA) is 26.0 Å². The van der Waals surface area contributed by atoms with E-state index < -0.39 is 0 Å². The lowest BCUT2D eigenvalue weighted by Gasteiger charge is -2.25. The summed E-state index contributed by atoms with van der Waals surface area (Å²) in [5.74, 6) is -0.244. The zero-order valence-electron chi connectivity index (χ0n) is 8.11. The molecule has 0 aliphatic heterocycles. The molecule has 0 fully saturated rings. The van der Waals surface area contributed by atoms with Crippen LogP contribution in [0.1, 0.15) is 35.6 Å². The van der Waals surface area contributed by atoms with Crippen molar-refractivity contribution in [3.05, 3.63) is 33.6 Å². The van der Waals surface area contributed by atoms with Crippen LogP contribution >= 0.6 is 11.6 Å². The molecule has 0 unspecified atom stereocenters. The lowest BCUT2D eigenvalue weighted by Crippen LogP contribution is -2.19. The fourth-order valence-electron chi connectivity index (χ4n) is 2.19. The Balaban J connectivity index is 2.67. The number of nitrogens with two attached hydrogens (primary N) is 1. The summed E-state index contributed by atoms with van der Waals surface area (Å²) in [4.78, 5) is 0. The summed E-state index contributed by atoms with van der Waals surface area (Å²) < 4.78 is 13.4. The van der Waals surface area contributed by atoms with Crippen LogP contribution in [0.4, 0.5) is 4.39 Å². The monoisotopic (exact) mass is 213 g/mol. The Morgan fingerprint density at radius 2 is 2.29 bits per heavy atom. The van der Waals surface area contributed by atoms with Crippen LogP contribution in [-0.2, 0) is 6.42 Å². The summed E-state index contributed by atoms with van der Waals surface area (Å²) in [5.41, 5.74) is 8.60. The van der Waals surface area contributed by atoms with Crippen molar-refractivity contribution in [2.45, 2.75) is 32.2 Å². The average molecular weight is 214 g/mol. The molecule has 1 aliphatic rings. The molecule has 1 aromatic carbocycles. The van der Waals surface area contributed by atoms with E-state index in [1.807, 2.05) is 0 Å². The van der Waals surface area contributed by atoms with Crippen molar-refractivity contribution in [3.63, 3.8) is 0 Å². The minimum Gasteiger partial charge on any atom is -0.324 e. The van der Waals surface area contributed by atoms with E-state index >= 15 is 0 Å². The van der Waals surface area contributed by atoms with E-state index in [-0.39, 0.29) is 11.9 Å². The molecule has 2 rings (SSSR count). The Hall–Kier alpha value is -0.600. The van der Waals surface area contributed by atoms with E-state index in [4.69, 9.17) is 17.3 Å². The van der Waals surface area contributed by atoms with Crippen LogP contribution in [0.2, 0.25) is 5.02 Å². The van der Waals surface area contributed by atoms with Gasteiger partial charge < -0.3 is 5.73 Å². The number of fused-ring (bicyclic) bond motifs is 1. The van der Waals surface area contributed by atoms with E-state index in [9.17, 15) is 4.39 Å². The van der Waals surface area contributed by atoms with Gasteiger partial charge in [0.05, 0.1) is 0 Å². The second-order valence-corrected chi connectivity index (χ2v) is 4.26. The van der Waals surface area contributed by atoms with E-state index in [0.29, 0.717) is 10.6 Å². The second-order valence-electron chi connectivity index (χ2n) is 3.86. The molecule has 3 heteroatoms. The van der Waals surface area contributed by atoms with Crippen molar-refractivity contribution in [1.29, 1.82) is 0 Å². The molecule has 2 N–H and O–H groups in total. The number of hydrogen-bond donors (Lipinski definition) is 1. The zero-order valence-corrected chi connectivity index (χ0v) is 8.87. The molecule has 1 aliphatic carbocycles. The van der Waals surface area contributed by atoms with E-state index in [0.717, 1.165) is 30.4 Å². The van der Waals surface area contributed by atoms with Gasteiger partial charge in [-0.25, -0.2) is 4.39 Å². The van der Waals surface area contributed by atoms with Gasteiger partial charge in [0.2, 0.25) is 0 Å². The third-order valence-electron chi connectivity index (χ3n) is 2.94. The number of halogens is 2. The highest BCUT2D eigenvalue weighted by Gasteiger charge is 2.23. The van der Waals surface area contributed by atoms with Gasteiger partial charge in [0.25, 0.3) is 0 Å². The van der Waals surface area contributed by atoms with Gasteiger partial charge in [0.1, 0.15) is 5.82 Å². The number of rotatable bonds is 0. The molecule has 0 amide bonds. The molecule has 0 saturated carbocycles. The summed E-state index contributed by atoms with van der Waals surface area (Å²) in [7, 11) is 0. The zero-order chi connectivity index (χ0) is 10.3. The molecule has 1 atom stereocenters. The van der Waals surface area contributed by atoms with Gasteiger partial charge in [-0.05, 0) is 48.9 Å². The molecule has 0 spiro atoms. The van der Waals surface area contributed by atoms with Gasteiger partial charge in [-0.3, -0.25) is 0 Å². The maximum atomic E-state index is 13.4. The molecule has 0 radical (unpaired) electrons. The first-order valence-corrected chi connectivity index (χ1v) is 5.22. The smallest absolute Gasteiger partial charge is 0.127 e. The van der Waals surface area contributed by atoms with Crippen molar-refractivity contribution in [3.8, 4) is 0 Å². The molecule has 0 bridgehead atoms. The summed E-state index contributed by atoms with van der Waals surface area (Å²) in [6, 6.07) is 1.35. The van der Waals surface area contributed by atoms with Gasteiger partial charge in [-0.2, -0.15) is 0 Å². The number of hydrogen-bond acceptors (Lipinski definition) is 1. The maximum Gasteiger partial charge on any atom is 0.127 e. The molecular formula is C11H13ClFN. The number of benzene rings is 1. The maximum absolute atomic E-state index is 13.4. The first-order chi connectivity index (χ1) is 6.61.